The molecule has 0 spiro atoms. The molecular weight excluding hydrogens is 322 g/mol. The molecule has 0 saturated carbocycles. The van der Waals surface area contributed by atoms with E-state index in [1.807, 2.05) is 54.6 Å². The van der Waals surface area contributed by atoms with E-state index in [0.717, 1.165) is 33.3 Å². The molecule has 0 atom stereocenters. The highest BCUT2D eigenvalue weighted by Gasteiger charge is 2.12. The van der Waals surface area contributed by atoms with E-state index in [1.165, 1.54) is 0 Å². The number of H-pyrrole nitrogens is 1. The molecule has 120 valence electrons. The van der Waals surface area contributed by atoms with Crippen LogP contribution in [0.4, 0.5) is 5.69 Å². The highest BCUT2D eigenvalue weighted by Crippen LogP contribution is 2.38. The van der Waals surface area contributed by atoms with Gasteiger partial charge in [0.05, 0.1) is 5.69 Å². The first-order valence-corrected chi connectivity index (χ1v) is 7.33. The molecule has 0 bridgehead atoms. The van der Waals surface area contributed by atoms with Crippen LogP contribution < -0.4 is 5.73 Å². The van der Waals surface area contributed by atoms with Gasteiger partial charge in [-0.1, -0.05) is 24.3 Å². The molecule has 4 nitrogen and oxygen atoms in total. The number of pyridine rings is 1. The van der Waals surface area contributed by atoms with Crippen LogP contribution in [-0.4, -0.2) is 15.1 Å². The first-order chi connectivity index (χ1) is 11.2. The molecule has 0 aliphatic rings. The summed E-state index contributed by atoms with van der Waals surface area (Å²) < 4.78 is 0. The van der Waals surface area contributed by atoms with Crippen molar-refractivity contribution in [1.82, 2.24) is 9.97 Å². The number of anilines is 1. The average molecular weight is 338 g/mol. The number of nitrogens with one attached hydrogen (secondary N) is 1. The Morgan fingerprint density at radius 3 is 2.46 bits per heavy atom. The predicted molar refractivity (Wildman–Crippen MR) is 100 cm³/mol. The van der Waals surface area contributed by atoms with E-state index < -0.39 is 0 Å². The number of hydrogen-bond acceptors (Lipinski definition) is 3. The third-order valence-corrected chi connectivity index (χ3v) is 3.97. The van der Waals surface area contributed by atoms with Crippen molar-refractivity contribution >= 4 is 29.0 Å². The third kappa shape index (κ3) is 2.68. The summed E-state index contributed by atoms with van der Waals surface area (Å²) in [6, 6.07) is 17.1. The minimum atomic E-state index is 0. The van der Waals surface area contributed by atoms with E-state index in [0.29, 0.717) is 5.69 Å². The smallest absolute Gasteiger partial charge is 0.132 e. The van der Waals surface area contributed by atoms with Crippen LogP contribution >= 0.6 is 12.4 Å². The number of nitrogens with zero attached hydrogens (tertiary/aromatic N) is 1. The Hall–Kier alpha value is -2.98. The number of aromatic hydroxyl groups is 1. The summed E-state index contributed by atoms with van der Waals surface area (Å²) in [6.45, 7) is 0. The quantitative estimate of drug-likeness (QED) is 0.468. The number of benzene rings is 2. The summed E-state index contributed by atoms with van der Waals surface area (Å²) in [6.07, 6.45) is 3.55. The molecule has 0 aliphatic heterocycles. The number of hydrogen-bond donors (Lipinski definition) is 3. The van der Waals surface area contributed by atoms with Crippen molar-refractivity contribution in [2.24, 2.45) is 0 Å². The van der Waals surface area contributed by atoms with Crippen molar-refractivity contribution in [3.05, 3.63) is 67.0 Å². The van der Waals surface area contributed by atoms with Gasteiger partial charge in [-0.05, 0) is 35.9 Å². The normalized spacial score (nSPS) is 10.5. The van der Waals surface area contributed by atoms with Crippen molar-refractivity contribution in [3.8, 4) is 28.1 Å². The molecule has 4 rings (SSSR count). The number of para-hydroxylation sites is 1. The van der Waals surface area contributed by atoms with Crippen LogP contribution in [0.1, 0.15) is 0 Å². The molecule has 2 heterocycles. The Morgan fingerprint density at radius 1 is 0.958 bits per heavy atom. The molecule has 0 unspecified atom stereocenters. The van der Waals surface area contributed by atoms with Gasteiger partial charge in [0.15, 0.2) is 0 Å². The van der Waals surface area contributed by atoms with Gasteiger partial charge < -0.3 is 15.8 Å². The lowest BCUT2D eigenvalue weighted by molar-refractivity contribution is 0.479. The number of phenols is 1. The van der Waals surface area contributed by atoms with Gasteiger partial charge in [-0.2, -0.15) is 0 Å². The number of phenolic OH excluding ortho intramolecular Hbond substituents is 1. The lowest BCUT2D eigenvalue weighted by Crippen LogP contribution is -1.86. The lowest BCUT2D eigenvalue weighted by Gasteiger charge is -2.09. The van der Waals surface area contributed by atoms with Crippen LogP contribution in [0.25, 0.3) is 33.3 Å². The zero-order chi connectivity index (χ0) is 15.8. The van der Waals surface area contributed by atoms with Gasteiger partial charge in [0.1, 0.15) is 5.75 Å². The summed E-state index contributed by atoms with van der Waals surface area (Å²) in [5.74, 6) is 0.247. The maximum Gasteiger partial charge on any atom is 0.132 e. The maximum absolute atomic E-state index is 10.7. The SMILES string of the molecule is Cl.Nc1ccc(-c2cccc(-c3cc4cnccc4[nH]3)c2O)cc1. The molecule has 0 aliphatic carbocycles. The van der Waals surface area contributed by atoms with Crippen molar-refractivity contribution in [2.45, 2.75) is 0 Å². The number of fused-ring (bicyclic) bond motifs is 1. The van der Waals surface area contributed by atoms with Crippen LogP contribution in [0.5, 0.6) is 5.75 Å². The topological polar surface area (TPSA) is 74.9 Å². The number of aromatic amines is 1. The Balaban J connectivity index is 0.00000169. The van der Waals surface area contributed by atoms with E-state index in [-0.39, 0.29) is 18.2 Å². The zero-order valence-corrected chi connectivity index (χ0v) is 13.5. The lowest BCUT2D eigenvalue weighted by atomic mass is 10.00. The molecule has 4 N–H and O–H groups in total. The number of nitrogens with two attached hydrogens (primary N) is 1. The van der Waals surface area contributed by atoms with Gasteiger partial charge in [0, 0.05) is 40.1 Å². The Morgan fingerprint density at radius 2 is 1.71 bits per heavy atom. The minimum Gasteiger partial charge on any atom is -0.507 e. The Labute approximate surface area is 145 Å². The standard InChI is InChI=1S/C19H15N3O.ClH/c20-14-6-4-12(5-7-14)15-2-1-3-16(19(15)23)18-10-13-11-21-9-8-17(13)22-18;/h1-11,22-23H,20H2;1H. The van der Waals surface area contributed by atoms with E-state index in [1.54, 1.807) is 12.4 Å². The largest absolute Gasteiger partial charge is 0.507 e. The number of aromatic nitrogens is 2. The number of rotatable bonds is 2. The van der Waals surface area contributed by atoms with Crippen molar-refractivity contribution in [2.75, 3.05) is 5.73 Å². The van der Waals surface area contributed by atoms with E-state index in [9.17, 15) is 5.11 Å². The summed E-state index contributed by atoms with van der Waals surface area (Å²) in [4.78, 5) is 7.44. The monoisotopic (exact) mass is 337 g/mol. The third-order valence-electron chi connectivity index (χ3n) is 3.97. The molecule has 2 aromatic heterocycles. The van der Waals surface area contributed by atoms with E-state index >= 15 is 0 Å². The first kappa shape index (κ1) is 15.9. The minimum absolute atomic E-state index is 0. The van der Waals surface area contributed by atoms with Crippen LogP contribution in [0.2, 0.25) is 0 Å². The molecule has 0 saturated heterocycles. The first-order valence-electron chi connectivity index (χ1n) is 7.33. The zero-order valence-electron chi connectivity index (χ0n) is 12.7. The van der Waals surface area contributed by atoms with Gasteiger partial charge in [-0.25, -0.2) is 0 Å². The van der Waals surface area contributed by atoms with Gasteiger partial charge in [-0.15, -0.1) is 12.4 Å². The molecule has 0 amide bonds. The second-order valence-corrected chi connectivity index (χ2v) is 5.47. The fraction of sp³-hybridized carbons (Fsp3) is 0. The Bertz CT molecular complexity index is 960. The van der Waals surface area contributed by atoms with Crippen molar-refractivity contribution in [3.63, 3.8) is 0 Å². The molecular formula is C19H16ClN3O. The van der Waals surface area contributed by atoms with Gasteiger partial charge >= 0.3 is 0 Å². The fourth-order valence-electron chi connectivity index (χ4n) is 2.77. The summed E-state index contributed by atoms with van der Waals surface area (Å²) in [5, 5.41) is 11.7. The summed E-state index contributed by atoms with van der Waals surface area (Å²) in [7, 11) is 0. The van der Waals surface area contributed by atoms with Gasteiger partial charge in [0.25, 0.3) is 0 Å². The molecule has 4 aromatic rings. The summed E-state index contributed by atoms with van der Waals surface area (Å²) >= 11 is 0. The highest BCUT2D eigenvalue weighted by molar-refractivity contribution is 5.88. The molecule has 2 aromatic carbocycles. The predicted octanol–water partition coefficient (Wildman–Crippen LogP) is 4.61. The molecule has 5 heteroatoms. The molecule has 24 heavy (non-hydrogen) atoms. The van der Waals surface area contributed by atoms with Crippen molar-refractivity contribution in [1.29, 1.82) is 0 Å². The van der Waals surface area contributed by atoms with Crippen molar-refractivity contribution < 1.29 is 5.11 Å². The van der Waals surface area contributed by atoms with Crippen LogP contribution in [-0.2, 0) is 0 Å². The van der Waals surface area contributed by atoms with E-state index in [4.69, 9.17) is 5.73 Å². The average Bonchev–Trinajstić information content (AvgIpc) is 3.00. The van der Waals surface area contributed by atoms with Gasteiger partial charge in [-0.3, -0.25) is 4.98 Å². The molecule has 0 radical (unpaired) electrons. The molecule has 0 fully saturated rings. The second kappa shape index (κ2) is 6.26. The van der Waals surface area contributed by atoms with Crippen LogP contribution in [0.3, 0.4) is 0 Å². The Kier molecular flexibility index (Phi) is 4.15. The summed E-state index contributed by atoms with van der Waals surface area (Å²) in [5.41, 5.74) is 10.8. The number of halogens is 1. The van der Waals surface area contributed by atoms with E-state index in [2.05, 4.69) is 9.97 Å². The maximum atomic E-state index is 10.7. The van der Waals surface area contributed by atoms with Crippen LogP contribution in [0, 0.1) is 0 Å². The second-order valence-electron chi connectivity index (χ2n) is 5.47. The van der Waals surface area contributed by atoms with Crippen LogP contribution in [0.15, 0.2) is 67.0 Å². The number of nitrogen functional groups attached to an aromatic ring is 1. The fourth-order valence-corrected chi connectivity index (χ4v) is 2.77. The van der Waals surface area contributed by atoms with Gasteiger partial charge in [0.2, 0.25) is 0 Å². The highest BCUT2D eigenvalue weighted by atomic mass is 35.5.